The molecule has 25 heavy (non-hydrogen) atoms. The van der Waals surface area contributed by atoms with Gasteiger partial charge in [-0.15, -0.1) is 0 Å². The lowest BCUT2D eigenvalue weighted by Gasteiger charge is -2.42. The number of nitrogens with zero attached hydrogens (tertiary/aromatic N) is 4. The van der Waals surface area contributed by atoms with Gasteiger partial charge < -0.3 is 10.6 Å². The molecule has 1 saturated heterocycles. The summed E-state index contributed by atoms with van der Waals surface area (Å²) in [6, 6.07) is 6.29. The molecule has 2 fully saturated rings. The summed E-state index contributed by atoms with van der Waals surface area (Å²) in [5.74, 6) is 0.0162. The third kappa shape index (κ3) is 3.22. The van der Waals surface area contributed by atoms with E-state index in [0.29, 0.717) is 11.4 Å². The molecule has 6 nitrogen and oxygen atoms in total. The maximum absolute atomic E-state index is 12.7. The molecule has 4 rings (SSSR count). The standard InChI is InChI=1S/C19H23N5O/c20-17-13-21-7-6-16(17)14-4-5-18(22-12-14)19(25)24-10-8-23(9-11-24)15-2-1-3-15/h4-7,12-13,15H,1-3,8-11,20H2. The molecule has 0 aromatic carbocycles. The molecule has 1 aliphatic carbocycles. The first-order valence-electron chi connectivity index (χ1n) is 8.91. The van der Waals surface area contributed by atoms with E-state index in [4.69, 9.17) is 5.73 Å². The van der Waals surface area contributed by atoms with E-state index in [2.05, 4.69) is 14.9 Å². The van der Waals surface area contributed by atoms with Crippen molar-refractivity contribution in [2.45, 2.75) is 25.3 Å². The summed E-state index contributed by atoms with van der Waals surface area (Å²) in [4.78, 5) is 25.5. The van der Waals surface area contributed by atoms with Crippen LogP contribution < -0.4 is 5.73 Å². The lowest BCUT2D eigenvalue weighted by molar-refractivity contribution is 0.0451. The van der Waals surface area contributed by atoms with Gasteiger partial charge in [0.25, 0.3) is 5.91 Å². The van der Waals surface area contributed by atoms with E-state index in [1.807, 2.05) is 17.0 Å². The Bertz CT molecular complexity index is 749. The molecule has 2 aliphatic rings. The maximum Gasteiger partial charge on any atom is 0.272 e. The zero-order chi connectivity index (χ0) is 17.2. The van der Waals surface area contributed by atoms with Gasteiger partial charge in [-0.3, -0.25) is 19.7 Å². The molecule has 0 bridgehead atoms. The molecule has 1 saturated carbocycles. The Hall–Kier alpha value is -2.47. The lowest BCUT2D eigenvalue weighted by Crippen LogP contribution is -2.53. The highest BCUT2D eigenvalue weighted by Crippen LogP contribution is 2.26. The molecule has 6 heteroatoms. The Labute approximate surface area is 147 Å². The second-order valence-electron chi connectivity index (χ2n) is 6.81. The first-order valence-corrected chi connectivity index (χ1v) is 8.91. The van der Waals surface area contributed by atoms with E-state index in [9.17, 15) is 4.79 Å². The zero-order valence-corrected chi connectivity index (χ0v) is 14.3. The molecule has 3 heterocycles. The van der Waals surface area contributed by atoms with Gasteiger partial charge in [0.05, 0.1) is 11.9 Å². The predicted molar refractivity (Wildman–Crippen MR) is 97.0 cm³/mol. The highest BCUT2D eigenvalue weighted by molar-refractivity contribution is 5.93. The van der Waals surface area contributed by atoms with Crippen LogP contribution in [0.3, 0.4) is 0 Å². The normalized spacial score (nSPS) is 18.8. The fraction of sp³-hybridized carbons (Fsp3) is 0.421. The van der Waals surface area contributed by atoms with Crippen LogP contribution in [0.4, 0.5) is 5.69 Å². The number of carbonyl (C=O) groups is 1. The van der Waals surface area contributed by atoms with Crippen molar-refractivity contribution < 1.29 is 4.79 Å². The van der Waals surface area contributed by atoms with Crippen molar-refractivity contribution in [3.63, 3.8) is 0 Å². The fourth-order valence-corrected chi connectivity index (χ4v) is 3.55. The minimum atomic E-state index is 0.0162. The number of pyridine rings is 2. The monoisotopic (exact) mass is 337 g/mol. The average molecular weight is 337 g/mol. The summed E-state index contributed by atoms with van der Waals surface area (Å²) in [5.41, 5.74) is 8.83. The first-order chi connectivity index (χ1) is 12.2. The second-order valence-corrected chi connectivity index (χ2v) is 6.81. The number of hydrogen-bond donors (Lipinski definition) is 1. The van der Waals surface area contributed by atoms with Crippen LogP contribution in [0.1, 0.15) is 29.8 Å². The van der Waals surface area contributed by atoms with Gasteiger partial charge in [0.15, 0.2) is 0 Å². The van der Waals surface area contributed by atoms with Crippen LogP contribution in [-0.4, -0.2) is 57.9 Å². The molecule has 0 unspecified atom stereocenters. The Morgan fingerprint density at radius 3 is 2.48 bits per heavy atom. The molecule has 2 aromatic heterocycles. The number of nitrogens with two attached hydrogens (primary N) is 1. The second kappa shape index (κ2) is 6.80. The minimum absolute atomic E-state index is 0.0162. The summed E-state index contributed by atoms with van der Waals surface area (Å²) in [7, 11) is 0. The number of carbonyl (C=O) groups excluding carboxylic acids is 1. The van der Waals surface area contributed by atoms with Crippen LogP contribution >= 0.6 is 0 Å². The van der Waals surface area contributed by atoms with Crippen molar-refractivity contribution >= 4 is 11.6 Å². The SMILES string of the molecule is Nc1cnccc1-c1ccc(C(=O)N2CCN(C3CCC3)CC2)nc1. The Morgan fingerprint density at radius 2 is 1.88 bits per heavy atom. The zero-order valence-electron chi connectivity index (χ0n) is 14.3. The molecule has 0 radical (unpaired) electrons. The highest BCUT2D eigenvalue weighted by atomic mass is 16.2. The van der Waals surface area contributed by atoms with E-state index in [1.165, 1.54) is 19.3 Å². The highest BCUT2D eigenvalue weighted by Gasteiger charge is 2.29. The van der Waals surface area contributed by atoms with E-state index in [0.717, 1.165) is 43.3 Å². The van der Waals surface area contributed by atoms with Crippen LogP contribution in [0.15, 0.2) is 36.8 Å². The number of amides is 1. The van der Waals surface area contributed by atoms with Crippen molar-refractivity contribution in [1.82, 2.24) is 19.8 Å². The van der Waals surface area contributed by atoms with Crippen molar-refractivity contribution in [2.24, 2.45) is 0 Å². The van der Waals surface area contributed by atoms with Crippen molar-refractivity contribution in [1.29, 1.82) is 0 Å². The van der Waals surface area contributed by atoms with Gasteiger partial charge in [-0.1, -0.05) is 12.5 Å². The third-order valence-corrected chi connectivity index (χ3v) is 5.34. The Balaban J connectivity index is 1.42. The number of nitrogen functional groups attached to an aromatic ring is 1. The lowest BCUT2D eigenvalue weighted by atomic mass is 9.91. The summed E-state index contributed by atoms with van der Waals surface area (Å²) in [6.45, 7) is 3.52. The predicted octanol–water partition coefficient (Wildman–Crippen LogP) is 2.04. The number of anilines is 1. The van der Waals surface area contributed by atoms with E-state index < -0.39 is 0 Å². The van der Waals surface area contributed by atoms with Crippen molar-refractivity contribution in [3.8, 4) is 11.1 Å². The number of aromatic nitrogens is 2. The van der Waals surface area contributed by atoms with E-state index in [-0.39, 0.29) is 5.91 Å². The maximum atomic E-state index is 12.7. The molecule has 0 spiro atoms. The average Bonchev–Trinajstić information content (AvgIpc) is 2.61. The number of hydrogen-bond acceptors (Lipinski definition) is 5. The molecular formula is C19H23N5O. The topological polar surface area (TPSA) is 75.3 Å². The fourth-order valence-electron chi connectivity index (χ4n) is 3.55. The van der Waals surface area contributed by atoms with E-state index in [1.54, 1.807) is 24.7 Å². The quantitative estimate of drug-likeness (QED) is 0.927. The molecule has 1 amide bonds. The van der Waals surface area contributed by atoms with Crippen molar-refractivity contribution in [2.75, 3.05) is 31.9 Å². The minimum Gasteiger partial charge on any atom is -0.397 e. The van der Waals surface area contributed by atoms with Gasteiger partial charge in [-0.05, 0) is 25.0 Å². The summed E-state index contributed by atoms with van der Waals surface area (Å²) in [5, 5.41) is 0. The van der Waals surface area contributed by atoms with Gasteiger partial charge in [0, 0.05) is 55.7 Å². The van der Waals surface area contributed by atoms with Crippen LogP contribution in [0, 0.1) is 0 Å². The molecule has 130 valence electrons. The van der Waals surface area contributed by atoms with Crippen LogP contribution in [0.25, 0.3) is 11.1 Å². The van der Waals surface area contributed by atoms with Gasteiger partial charge in [0.2, 0.25) is 0 Å². The molecule has 2 N–H and O–H groups in total. The summed E-state index contributed by atoms with van der Waals surface area (Å²) in [6.07, 6.45) is 9.01. The smallest absolute Gasteiger partial charge is 0.272 e. The number of piperazine rings is 1. The molecular weight excluding hydrogens is 314 g/mol. The van der Waals surface area contributed by atoms with Crippen LogP contribution in [0.2, 0.25) is 0 Å². The molecule has 1 aliphatic heterocycles. The number of rotatable bonds is 3. The van der Waals surface area contributed by atoms with Crippen LogP contribution in [0.5, 0.6) is 0 Å². The van der Waals surface area contributed by atoms with Gasteiger partial charge in [-0.2, -0.15) is 0 Å². The largest absolute Gasteiger partial charge is 0.397 e. The third-order valence-electron chi connectivity index (χ3n) is 5.34. The first kappa shape index (κ1) is 16.0. The Morgan fingerprint density at radius 1 is 1.08 bits per heavy atom. The molecule has 2 aromatic rings. The van der Waals surface area contributed by atoms with Gasteiger partial charge in [0.1, 0.15) is 5.69 Å². The summed E-state index contributed by atoms with van der Waals surface area (Å²) < 4.78 is 0. The van der Waals surface area contributed by atoms with Gasteiger partial charge in [-0.25, -0.2) is 0 Å². The Kier molecular flexibility index (Phi) is 4.36. The van der Waals surface area contributed by atoms with Crippen molar-refractivity contribution in [3.05, 3.63) is 42.5 Å². The van der Waals surface area contributed by atoms with E-state index >= 15 is 0 Å². The summed E-state index contributed by atoms with van der Waals surface area (Å²) >= 11 is 0. The van der Waals surface area contributed by atoms with Gasteiger partial charge >= 0.3 is 0 Å². The molecule has 0 atom stereocenters. The van der Waals surface area contributed by atoms with Crippen LogP contribution in [-0.2, 0) is 0 Å².